The molecule has 0 amide bonds. The van der Waals surface area contributed by atoms with Crippen LogP contribution in [0.15, 0.2) is 12.3 Å². The smallest absolute Gasteiger partial charge is 0.383 e. The summed E-state index contributed by atoms with van der Waals surface area (Å²) >= 11 is 12.3. The van der Waals surface area contributed by atoms with Crippen molar-refractivity contribution in [2.75, 3.05) is 5.75 Å². The van der Waals surface area contributed by atoms with Crippen LogP contribution in [0.2, 0.25) is 10.0 Å². The summed E-state index contributed by atoms with van der Waals surface area (Å²) in [5, 5.41) is 9.41. The molecule has 0 aliphatic rings. The van der Waals surface area contributed by atoms with Gasteiger partial charge in [0.2, 0.25) is 0 Å². The number of pyridine rings is 1. The Morgan fingerprint density at radius 2 is 2.06 bits per heavy atom. The number of thioether (sulfide) groups is 1. The molecule has 0 saturated carbocycles. The van der Waals surface area contributed by atoms with Crippen LogP contribution in [0.4, 0.5) is 13.2 Å². The van der Waals surface area contributed by atoms with Gasteiger partial charge in [-0.05, 0) is 6.07 Å². The summed E-state index contributed by atoms with van der Waals surface area (Å²) < 4.78 is 36.0. The number of aliphatic hydroxyl groups is 1. The summed E-state index contributed by atoms with van der Waals surface area (Å²) in [4.78, 5) is 3.89. The van der Waals surface area contributed by atoms with Gasteiger partial charge in [-0.2, -0.15) is 24.9 Å². The number of aromatic nitrogens is 1. The average Bonchev–Trinajstić information content (AvgIpc) is 2.19. The minimum atomic E-state index is -4.59. The Kier molecular flexibility index (Phi) is 5.37. The fraction of sp³-hybridized carbons (Fsp3) is 0.444. The highest BCUT2D eigenvalue weighted by Crippen LogP contribution is 2.26. The lowest BCUT2D eigenvalue weighted by molar-refractivity contribution is -0.195. The Labute approximate surface area is 110 Å². The lowest BCUT2D eigenvalue weighted by atomic mass is 10.4. The molecule has 96 valence electrons. The molecule has 17 heavy (non-hydrogen) atoms. The maximum absolute atomic E-state index is 12.0. The molecule has 0 bridgehead atoms. The van der Waals surface area contributed by atoms with Crippen LogP contribution in [0.5, 0.6) is 0 Å². The van der Waals surface area contributed by atoms with Gasteiger partial charge in [-0.15, -0.1) is 0 Å². The van der Waals surface area contributed by atoms with E-state index in [1.807, 2.05) is 0 Å². The molecule has 1 N–H and O–H groups in total. The minimum Gasteiger partial charge on any atom is -0.383 e. The van der Waals surface area contributed by atoms with Crippen molar-refractivity contribution in [1.82, 2.24) is 4.98 Å². The van der Waals surface area contributed by atoms with E-state index in [9.17, 15) is 13.2 Å². The fourth-order valence-electron chi connectivity index (χ4n) is 0.911. The monoisotopic (exact) mass is 305 g/mol. The van der Waals surface area contributed by atoms with Crippen LogP contribution in [0.25, 0.3) is 0 Å². The van der Waals surface area contributed by atoms with Gasteiger partial charge in [-0.1, -0.05) is 23.2 Å². The molecule has 1 aromatic heterocycles. The number of hydrogen-bond donors (Lipinski definition) is 1. The van der Waals surface area contributed by atoms with Crippen molar-refractivity contribution in [1.29, 1.82) is 0 Å². The number of aliphatic hydroxyl groups excluding tert-OH is 1. The Bertz CT molecular complexity index is 389. The van der Waals surface area contributed by atoms with Gasteiger partial charge in [0.05, 0.1) is 15.7 Å². The average molecular weight is 306 g/mol. The Morgan fingerprint density at radius 3 is 2.59 bits per heavy atom. The SMILES string of the molecule is O[C@H](CSCc1ncc(Cl)cc1Cl)C(F)(F)F. The second-order valence-corrected chi connectivity index (χ2v) is 5.03. The molecular formula is C9H8Cl2F3NOS. The molecule has 0 aliphatic carbocycles. The van der Waals surface area contributed by atoms with Crippen LogP contribution in [-0.2, 0) is 5.75 Å². The zero-order chi connectivity index (χ0) is 13.1. The summed E-state index contributed by atoms with van der Waals surface area (Å²) in [6, 6.07) is 1.46. The van der Waals surface area contributed by atoms with E-state index < -0.39 is 18.0 Å². The predicted molar refractivity (Wildman–Crippen MR) is 62.5 cm³/mol. The van der Waals surface area contributed by atoms with Crippen molar-refractivity contribution >= 4 is 35.0 Å². The molecule has 1 atom stereocenters. The third-order valence-electron chi connectivity index (χ3n) is 1.78. The number of alkyl halides is 3. The summed E-state index contributed by atoms with van der Waals surface area (Å²) in [6.07, 6.45) is -5.56. The van der Waals surface area contributed by atoms with Crippen molar-refractivity contribution in [2.24, 2.45) is 0 Å². The van der Waals surface area contributed by atoms with Gasteiger partial charge in [-0.25, -0.2) is 0 Å². The molecule has 0 unspecified atom stereocenters. The number of nitrogens with zero attached hydrogens (tertiary/aromatic N) is 1. The lowest BCUT2D eigenvalue weighted by Gasteiger charge is -2.13. The number of halogens is 5. The van der Waals surface area contributed by atoms with Crippen molar-refractivity contribution in [3.8, 4) is 0 Å². The van der Waals surface area contributed by atoms with Crippen LogP contribution >= 0.6 is 35.0 Å². The molecule has 0 fully saturated rings. The van der Waals surface area contributed by atoms with Crippen LogP contribution in [0.1, 0.15) is 5.69 Å². The highest BCUT2D eigenvalue weighted by atomic mass is 35.5. The Hall–Kier alpha value is -0.170. The first-order chi connectivity index (χ1) is 7.80. The summed E-state index contributed by atoms with van der Waals surface area (Å²) in [6.45, 7) is 0. The topological polar surface area (TPSA) is 33.1 Å². The maximum Gasteiger partial charge on any atom is 0.415 e. The van der Waals surface area contributed by atoms with Crippen molar-refractivity contribution in [3.05, 3.63) is 28.0 Å². The first kappa shape index (κ1) is 14.9. The minimum absolute atomic E-state index is 0.184. The first-order valence-corrected chi connectivity index (χ1v) is 6.34. The highest BCUT2D eigenvalue weighted by molar-refractivity contribution is 7.98. The quantitative estimate of drug-likeness (QED) is 0.923. The summed E-state index contributed by atoms with van der Waals surface area (Å²) in [5.41, 5.74) is 0.440. The Morgan fingerprint density at radius 1 is 1.41 bits per heavy atom. The van der Waals surface area contributed by atoms with Crippen LogP contribution in [-0.4, -0.2) is 28.1 Å². The van der Waals surface area contributed by atoms with Gasteiger partial charge in [0.25, 0.3) is 0 Å². The molecule has 0 radical (unpaired) electrons. The van der Waals surface area contributed by atoms with Gasteiger partial charge >= 0.3 is 6.18 Å². The van der Waals surface area contributed by atoms with E-state index in [0.29, 0.717) is 15.7 Å². The van der Waals surface area contributed by atoms with Gasteiger partial charge in [-0.3, -0.25) is 4.98 Å². The van der Waals surface area contributed by atoms with E-state index in [1.165, 1.54) is 12.3 Å². The summed E-state index contributed by atoms with van der Waals surface area (Å²) in [5.74, 6) is -0.271. The normalized spacial score (nSPS) is 13.8. The maximum atomic E-state index is 12.0. The third kappa shape index (κ3) is 4.91. The first-order valence-electron chi connectivity index (χ1n) is 4.43. The van der Waals surface area contributed by atoms with E-state index in [1.54, 1.807) is 0 Å². The molecule has 1 aromatic rings. The summed E-state index contributed by atoms with van der Waals surface area (Å²) in [7, 11) is 0. The van der Waals surface area contributed by atoms with Crippen LogP contribution in [0, 0.1) is 0 Å². The van der Waals surface area contributed by atoms with E-state index >= 15 is 0 Å². The second-order valence-electron chi connectivity index (χ2n) is 3.15. The predicted octanol–water partition coefficient (Wildman–Crippen LogP) is 3.54. The Balaban J connectivity index is 2.46. The van der Waals surface area contributed by atoms with Crippen LogP contribution < -0.4 is 0 Å². The van der Waals surface area contributed by atoms with Gasteiger partial charge in [0.15, 0.2) is 6.10 Å². The zero-order valence-corrected chi connectivity index (χ0v) is 10.7. The lowest BCUT2D eigenvalue weighted by Crippen LogP contribution is -2.30. The molecule has 1 rings (SSSR count). The van der Waals surface area contributed by atoms with E-state index in [0.717, 1.165) is 11.8 Å². The number of rotatable bonds is 4. The van der Waals surface area contributed by atoms with Crippen molar-refractivity contribution in [3.63, 3.8) is 0 Å². The molecule has 0 aromatic carbocycles. The van der Waals surface area contributed by atoms with Gasteiger partial charge in [0, 0.05) is 17.7 Å². The van der Waals surface area contributed by atoms with E-state index in [4.69, 9.17) is 28.3 Å². The largest absolute Gasteiger partial charge is 0.415 e. The highest BCUT2D eigenvalue weighted by Gasteiger charge is 2.37. The fourth-order valence-corrected chi connectivity index (χ4v) is 2.39. The molecule has 2 nitrogen and oxygen atoms in total. The van der Waals surface area contributed by atoms with E-state index in [2.05, 4.69) is 4.98 Å². The molecular weight excluding hydrogens is 298 g/mol. The standard InChI is InChI=1S/C9H8Cl2F3NOS/c10-5-1-6(11)7(15-2-5)3-17-4-8(16)9(12,13)14/h1-2,8,16H,3-4H2/t8-/m1/s1. The second kappa shape index (κ2) is 6.13. The third-order valence-corrected chi connectivity index (χ3v) is 3.34. The van der Waals surface area contributed by atoms with E-state index in [-0.39, 0.29) is 5.75 Å². The molecule has 8 heteroatoms. The number of hydrogen-bond acceptors (Lipinski definition) is 3. The molecule has 0 aliphatic heterocycles. The molecule has 0 saturated heterocycles. The van der Waals surface area contributed by atoms with Crippen molar-refractivity contribution in [2.45, 2.75) is 18.0 Å². The zero-order valence-electron chi connectivity index (χ0n) is 8.34. The van der Waals surface area contributed by atoms with Crippen LogP contribution in [0.3, 0.4) is 0 Å². The molecule has 1 heterocycles. The van der Waals surface area contributed by atoms with Crippen molar-refractivity contribution < 1.29 is 18.3 Å². The van der Waals surface area contributed by atoms with Gasteiger partial charge in [0.1, 0.15) is 0 Å². The molecule has 0 spiro atoms. The van der Waals surface area contributed by atoms with Gasteiger partial charge < -0.3 is 5.11 Å².